The van der Waals surface area contributed by atoms with E-state index in [1.165, 1.54) is 4.90 Å². The number of hydrogen-bond acceptors (Lipinski definition) is 2. The van der Waals surface area contributed by atoms with E-state index in [0.29, 0.717) is 0 Å². The summed E-state index contributed by atoms with van der Waals surface area (Å²) in [4.78, 5) is 26.6. The number of carbonyl (C=O) groups excluding carboxylic acids is 2. The van der Waals surface area contributed by atoms with Gasteiger partial charge in [-0.25, -0.2) is 0 Å². The van der Waals surface area contributed by atoms with Crippen molar-refractivity contribution < 1.29 is 9.59 Å². The number of carbonyl (C=O) groups is 2. The van der Waals surface area contributed by atoms with Gasteiger partial charge in [0.05, 0.1) is 17.5 Å². The monoisotopic (exact) mass is 253 g/mol. The molecule has 1 heterocycles. The number of rotatable bonds is 1. The second kappa shape index (κ2) is 3.56. The van der Waals surface area contributed by atoms with E-state index in [9.17, 15) is 9.59 Å². The first-order chi connectivity index (χ1) is 9.16. The summed E-state index contributed by atoms with van der Waals surface area (Å²) in [7, 11) is 0. The first-order valence-electron chi connectivity index (χ1n) is 6.79. The average Bonchev–Trinajstić information content (AvgIpc) is 3.04. The number of benzene rings is 1. The van der Waals surface area contributed by atoms with Crippen LogP contribution < -0.4 is 4.90 Å². The molecule has 4 rings (SSSR count). The quantitative estimate of drug-likeness (QED) is 0.569. The SMILES string of the molecule is Cc1cccc(N2C(=O)[C@@H]3C4C=CC(C4)[C@@H]3C2=O)c1. The Labute approximate surface area is 111 Å². The Morgan fingerprint density at radius 2 is 1.68 bits per heavy atom. The summed E-state index contributed by atoms with van der Waals surface area (Å²) in [5.74, 6) is 0.337. The van der Waals surface area contributed by atoms with Crippen LogP contribution in [0.5, 0.6) is 0 Å². The molecule has 1 aliphatic heterocycles. The molecular formula is C16H15NO2. The molecule has 4 atom stereocenters. The predicted octanol–water partition coefficient (Wildman–Crippen LogP) is 2.31. The van der Waals surface area contributed by atoms with Crippen molar-refractivity contribution in [1.82, 2.24) is 0 Å². The summed E-state index contributed by atoms with van der Waals surface area (Å²) in [6.07, 6.45) is 5.22. The molecular weight excluding hydrogens is 238 g/mol. The molecule has 1 aromatic rings. The second-order valence-electron chi connectivity index (χ2n) is 5.85. The summed E-state index contributed by atoms with van der Waals surface area (Å²) in [6, 6.07) is 7.62. The molecule has 96 valence electrons. The Morgan fingerprint density at radius 3 is 2.26 bits per heavy atom. The van der Waals surface area contributed by atoms with Crippen LogP contribution in [0.25, 0.3) is 0 Å². The van der Waals surface area contributed by atoms with Crippen molar-refractivity contribution >= 4 is 17.5 Å². The van der Waals surface area contributed by atoms with Crippen LogP contribution in [0.15, 0.2) is 36.4 Å². The minimum atomic E-state index is -0.108. The van der Waals surface area contributed by atoms with Crippen LogP contribution in [-0.2, 0) is 9.59 Å². The van der Waals surface area contributed by atoms with Crippen molar-refractivity contribution in [2.24, 2.45) is 23.7 Å². The van der Waals surface area contributed by atoms with E-state index in [2.05, 4.69) is 12.2 Å². The van der Waals surface area contributed by atoms with Gasteiger partial charge in [-0.3, -0.25) is 14.5 Å². The van der Waals surface area contributed by atoms with Crippen LogP contribution in [0, 0.1) is 30.6 Å². The lowest BCUT2D eigenvalue weighted by Crippen LogP contribution is -2.32. The second-order valence-corrected chi connectivity index (χ2v) is 5.85. The van der Waals surface area contributed by atoms with Gasteiger partial charge in [0.2, 0.25) is 11.8 Å². The van der Waals surface area contributed by atoms with Gasteiger partial charge in [0.25, 0.3) is 0 Å². The molecule has 2 aliphatic carbocycles. The topological polar surface area (TPSA) is 37.4 Å². The summed E-state index contributed by atoms with van der Waals surface area (Å²) >= 11 is 0. The number of nitrogens with zero attached hydrogens (tertiary/aromatic N) is 1. The molecule has 0 N–H and O–H groups in total. The van der Waals surface area contributed by atoms with Gasteiger partial charge in [-0.15, -0.1) is 0 Å². The van der Waals surface area contributed by atoms with E-state index >= 15 is 0 Å². The standard InChI is InChI=1S/C16H15NO2/c1-9-3-2-4-12(7-9)17-15(18)13-10-5-6-11(8-10)14(13)16(17)19/h2-7,10-11,13-14H,8H2,1H3/t10?,11?,13-,14+. The molecule has 0 radical (unpaired) electrons. The Balaban J connectivity index is 1.77. The van der Waals surface area contributed by atoms with Gasteiger partial charge in [-0.1, -0.05) is 24.3 Å². The molecule has 1 saturated carbocycles. The molecule has 3 nitrogen and oxygen atoms in total. The lowest BCUT2D eigenvalue weighted by atomic mass is 9.85. The number of hydrogen-bond donors (Lipinski definition) is 0. The number of aryl methyl sites for hydroxylation is 1. The Hall–Kier alpha value is -1.90. The summed E-state index contributed by atoms with van der Waals surface area (Å²) in [5, 5.41) is 0. The van der Waals surface area contributed by atoms with Crippen molar-refractivity contribution in [3.63, 3.8) is 0 Å². The van der Waals surface area contributed by atoms with E-state index in [-0.39, 0.29) is 35.5 Å². The minimum Gasteiger partial charge on any atom is -0.274 e. The largest absolute Gasteiger partial charge is 0.274 e. The predicted molar refractivity (Wildman–Crippen MR) is 71.4 cm³/mol. The van der Waals surface area contributed by atoms with E-state index < -0.39 is 0 Å². The lowest BCUT2D eigenvalue weighted by molar-refractivity contribution is -0.123. The minimum absolute atomic E-state index is 0.00236. The zero-order chi connectivity index (χ0) is 13.1. The molecule has 2 fully saturated rings. The van der Waals surface area contributed by atoms with Crippen LogP contribution in [-0.4, -0.2) is 11.8 Å². The van der Waals surface area contributed by atoms with Gasteiger partial charge >= 0.3 is 0 Å². The van der Waals surface area contributed by atoms with Gasteiger partial charge < -0.3 is 0 Å². The molecule has 0 aromatic heterocycles. The third-order valence-electron chi connectivity index (χ3n) is 4.73. The highest BCUT2D eigenvalue weighted by molar-refractivity contribution is 6.22. The van der Waals surface area contributed by atoms with Crippen molar-refractivity contribution in [2.75, 3.05) is 4.90 Å². The van der Waals surface area contributed by atoms with E-state index in [1.54, 1.807) is 0 Å². The molecule has 0 spiro atoms. The van der Waals surface area contributed by atoms with Gasteiger partial charge in [0.15, 0.2) is 0 Å². The van der Waals surface area contributed by atoms with Crippen molar-refractivity contribution in [3.8, 4) is 0 Å². The molecule has 1 aromatic carbocycles. The maximum absolute atomic E-state index is 12.6. The van der Waals surface area contributed by atoms with Crippen molar-refractivity contribution in [3.05, 3.63) is 42.0 Å². The normalized spacial score (nSPS) is 35.3. The molecule has 3 heteroatoms. The average molecular weight is 253 g/mol. The van der Waals surface area contributed by atoms with Gasteiger partial charge in [-0.2, -0.15) is 0 Å². The zero-order valence-corrected chi connectivity index (χ0v) is 10.7. The number of allylic oxidation sites excluding steroid dienone is 2. The summed E-state index contributed by atoms with van der Waals surface area (Å²) in [5.41, 5.74) is 1.79. The molecule has 2 unspecified atom stereocenters. The number of imide groups is 1. The van der Waals surface area contributed by atoms with Crippen LogP contribution >= 0.6 is 0 Å². The molecule has 2 bridgehead atoms. The Morgan fingerprint density at radius 1 is 1.05 bits per heavy atom. The van der Waals surface area contributed by atoms with Gasteiger partial charge in [-0.05, 0) is 42.9 Å². The van der Waals surface area contributed by atoms with Crippen LogP contribution in [0.3, 0.4) is 0 Å². The van der Waals surface area contributed by atoms with Gasteiger partial charge in [0, 0.05) is 0 Å². The van der Waals surface area contributed by atoms with Crippen LogP contribution in [0.2, 0.25) is 0 Å². The van der Waals surface area contributed by atoms with Gasteiger partial charge in [0.1, 0.15) is 0 Å². The van der Waals surface area contributed by atoms with E-state index in [4.69, 9.17) is 0 Å². The maximum atomic E-state index is 12.6. The highest BCUT2D eigenvalue weighted by Crippen LogP contribution is 2.53. The molecule has 1 saturated heterocycles. The fraction of sp³-hybridized carbons (Fsp3) is 0.375. The zero-order valence-electron chi connectivity index (χ0n) is 10.7. The summed E-state index contributed by atoms with van der Waals surface area (Å²) < 4.78 is 0. The molecule has 2 amide bonds. The summed E-state index contributed by atoms with van der Waals surface area (Å²) in [6.45, 7) is 1.97. The van der Waals surface area contributed by atoms with Crippen molar-refractivity contribution in [2.45, 2.75) is 13.3 Å². The Kier molecular flexibility index (Phi) is 2.06. The van der Waals surface area contributed by atoms with Crippen LogP contribution in [0.1, 0.15) is 12.0 Å². The van der Waals surface area contributed by atoms with Crippen LogP contribution in [0.4, 0.5) is 5.69 Å². The molecule has 3 aliphatic rings. The smallest absolute Gasteiger partial charge is 0.238 e. The van der Waals surface area contributed by atoms with E-state index in [0.717, 1.165) is 17.7 Å². The number of anilines is 1. The third-order valence-corrected chi connectivity index (χ3v) is 4.73. The fourth-order valence-electron chi connectivity index (χ4n) is 3.92. The lowest BCUT2D eigenvalue weighted by Gasteiger charge is -2.17. The van der Waals surface area contributed by atoms with E-state index in [1.807, 2.05) is 31.2 Å². The molecule has 19 heavy (non-hydrogen) atoms. The number of fused-ring (bicyclic) bond motifs is 5. The fourth-order valence-corrected chi connectivity index (χ4v) is 3.92. The highest BCUT2D eigenvalue weighted by Gasteiger charge is 2.59. The van der Waals surface area contributed by atoms with Crippen molar-refractivity contribution in [1.29, 1.82) is 0 Å². The first-order valence-corrected chi connectivity index (χ1v) is 6.79. The Bertz CT molecular complexity index is 589. The first kappa shape index (κ1) is 11.0. The highest BCUT2D eigenvalue weighted by atomic mass is 16.2. The number of amides is 2. The maximum Gasteiger partial charge on any atom is 0.238 e. The third kappa shape index (κ3) is 1.33.